The zero-order valence-corrected chi connectivity index (χ0v) is 21.0. The Bertz CT molecular complexity index is 1100. The average molecular weight is 525 g/mol. The molecule has 1 aliphatic heterocycles. The van der Waals surface area contributed by atoms with Gasteiger partial charge in [0.15, 0.2) is 0 Å². The summed E-state index contributed by atoms with van der Waals surface area (Å²) in [6, 6.07) is 8.59. The number of rotatable bonds is 6. The number of likely N-dealkylation sites (tertiary alicyclic amines) is 1. The average Bonchev–Trinajstić information content (AvgIpc) is 3.29. The van der Waals surface area contributed by atoms with E-state index in [0.29, 0.717) is 31.9 Å². The fourth-order valence-electron chi connectivity index (χ4n) is 6.01. The van der Waals surface area contributed by atoms with E-state index in [4.69, 9.17) is 0 Å². The number of carbonyl (C=O) groups excluding carboxylic acids is 1. The first-order chi connectivity index (χ1) is 17.4. The van der Waals surface area contributed by atoms with E-state index < -0.39 is 29.1 Å². The fraction of sp³-hybridized carbons (Fsp3) is 0.536. The normalized spacial score (nSPS) is 27.0. The predicted octanol–water partition coefficient (Wildman–Crippen LogP) is 5.65. The van der Waals surface area contributed by atoms with Crippen LogP contribution in [0.2, 0.25) is 0 Å². The zero-order chi connectivity index (χ0) is 27.0. The van der Waals surface area contributed by atoms with Crippen molar-refractivity contribution in [2.24, 2.45) is 11.3 Å². The molecule has 2 N–H and O–H groups in total. The molecule has 9 heteroatoms. The molecule has 1 aliphatic carbocycles. The fourth-order valence-corrected chi connectivity index (χ4v) is 6.01. The largest absolute Gasteiger partial charge is 0.416 e. The van der Waals surface area contributed by atoms with Crippen LogP contribution in [0.3, 0.4) is 0 Å². The number of aliphatic hydroxyl groups excluding tert-OH is 1. The number of alkyl halides is 3. The molecule has 2 aliphatic rings. The van der Waals surface area contributed by atoms with Crippen LogP contribution < -0.4 is 5.32 Å². The molecule has 4 atom stereocenters. The van der Waals surface area contributed by atoms with Gasteiger partial charge in [0, 0.05) is 25.0 Å². The number of β-amino-alcohol motifs (C(OH)–C–C–N with tert-alkyl or cyclic N) is 1. The topological polar surface area (TPSA) is 52.6 Å². The molecule has 1 amide bonds. The Morgan fingerprint density at radius 2 is 1.81 bits per heavy atom. The molecule has 2 aromatic rings. The van der Waals surface area contributed by atoms with E-state index >= 15 is 0 Å². The number of nitrogens with zero attached hydrogens (tertiary/aromatic N) is 1. The van der Waals surface area contributed by atoms with E-state index in [-0.39, 0.29) is 41.7 Å². The van der Waals surface area contributed by atoms with Gasteiger partial charge in [0.25, 0.3) is 0 Å². The molecule has 0 aromatic heterocycles. The van der Waals surface area contributed by atoms with Crippen LogP contribution in [0.5, 0.6) is 0 Å². The minimum absolute atomic E-state index is 0.0163. The monoisotopic (exact) mass is 524 g/mol. The lowest BCUT2D eigenvalue weighted by Crippen LogP contribution is -2.48. The van der Waals surface area contributed by atoms with E-state index in [2.05, 4.69) is 10.2 Å². The standard InChI is InChI=1S/C28H33F5N2O2/c1-17(2)27(26(37)34-15-18-11-20(28(31,32)33)13-22(30)12-18)9-7-23(14-27)35-10-8-24(25(36)16-35)19-3-5-21(29)6-4-19/h3-6,11-13,17,23-25,36H,7-10,14-16H2,1-2H3,(H,34,37)/t23?,24?,25-,27?/m0/s1. The molecule has 2 aromatic carbocycles. The van der Waals surface area contributed by atoms with Crippen molar-refractivity contribution in [1.82, 2.24) is 10.2 Å². The van der Waals surface area contributed by atoms with Crippen LogP contribution in [-0.2, 0) is 17.5 Å². The SMILES string of the molecule is CC(C)C1(C(=O)NCc2cc(F)cc(C(F)(F)F)c2)CCC(N2CCC(c3ccc(F)cc3)[C@@H](O)C2)C1. The van der Waals surface area contributed by atoms with Crippen molar-refractivity contribution < 1.29 is 31.9 Å². The summed E-state index contributed by atoms with van der Waals surface area (Å²) >= 11 is 0. The van der Waals surface area contributed by atoms with Crippen molar-refractivity contribution >= 4 is 5.91 Å². The van der Waals surface area contributed by atoms with Gasteiger partial charge in [-0.1, -0.05) is 26.0 Å². The third-order valence-corrected chi connectivity index (χ3v) is 8.25. The summed E-state index contributed by atoms with van der Waals surface area (Å²) in [6.07, 6.45) is -2.62. The summed E-state index contributed by atoms with van der Waals surface area (Å²) in [4.78, 5) is 15.6. The number of hydrogen-bond donors (Lipinski definition) is 2. The number of benzene rings is 2. The van der Waals surface area contributed by atoms with Gasteiger partial charge in [-0.25, -0.2) is 8.78 Å². The molecule has 4 rings (SSSR count). The van der Waals surface area contributed by atoms with Crippen molar-refractivity contribution in [1.29, 1.82) is 0 Å². The van der Waals surface area contributed by atoms with Gasteiger partial charge in [-0.15, -0.1) is 0 Å². The summed E-state index contributed by atoms with van der Waals surface area (Å²) in [7, 11) is 0. The first kappa shape index (κ1) is 27.5. The maximum atomic E-state index is 13.8. The lowest BCUT2D eigenvalue weighted by Gasteiger charge is -2.40. The van der Waals surface area contributed by atoms with Crippen molar-refractivity contribution in [3.05, 3.63) is 70.8 Å². The Balaban J connectivity index is 1.40. The molecular weight excluding hydrogens is 491 g/mol. The van der Waals surface area contributed by atoms with E-state index in [9.17, 15) is 31.9 Å². The highest BCUT2D eigenvalue weighted by molar-refractivity contribution is 5.83. The maximum Gasteiger partial charge on any atom is 0.416 e. The molecule has 0 radical (unpaired) electrons. The zero-order valence-electron chi connectivity index (χ0n) is 21.0. The minimum atomic E-state index is -4.67. The van der Waals surface area contributed by atoms with Gasteiger partial charge in [0.05, 0.1) is 17.1 Å². The van der Waals surface area contributed by atoms with Gasteiger partial charge in [-0.2, -0.15) is 13.2 Å². The highest BCUT2D eigenvalue weighted by atomic mass is 19.4. The maximum absolute atomic E-state index is 13.8. The Kier molecular flexibility index (Phi) is 7.95. The first-order valence-corrected chi connectivity index (χ1v) is 12.7. The number of carbonyl (C=O) groups is 1. The van der Waals surface area contributed by atoms with Crippen molar-refractivity contribution in [3.63, 3.8) is 0 Å². The second-order valence-corrected chi connectivity index (χ2v) is 10.7. The Labute approximate surface area is 213 Å². The van der Waals surface area contributed by atoms with Gasteiger partial charge >= 0.3 is 6.18 Å². The van der Waals surface area contributed by atoms with E-state index in [1.54, 1.807) is 12.1 Å². The molecule has 4 nitrogen and oxygen atoms in total. The Hall–Kier alpha value is -2.52. The van der Waals surface area contributed by atoms with Gasteiger partial charge < -0.3 is 10.4 Å². The molecule has 3 unspecified atom stereocenters. The quantitative estimate of drug-likeness (QED) is 0.481. The van der Waals surface area contributed by atoms with E-state index in [1.807, 2.05) is 13.8 Å². The molecule has 37 heavy (non-hydrogen) atoms. The van der Waals surface area contributed by atoms with Crippen LogP contribution in [0.4, 0.5) is 22.0 Å². The third kappa shape index (κ3) is 5.98. The lowest BCUT2D eigenvalue weighted by molar-refractivity contribution is -0.137. The Morgan fingerprint density at radius 1 is 1.11 bits per heavy atom. The molecular formula is C28H33F5N2O2. The molecule has 202 valence electrons. The highest BCUT2D eigenvalue weighted by Gasteiger charge is 2.49. The van der Waals surface area contributed by atoms with Crippen molar-refractivity contribution in [2.45, 2.75) is 70.3 Å². The number of halogens is 5. The van der Waals surface area contributed by atoms with Crippen LogP contribution in [-0.4, -0.2) is 41.1 Å². The van der Waals surface area contributed by atoms with Crippen molar-refractivity contribution in [3.8, 4) is 0 Å². The number of nitrogens with one attached hydrogen (secondary N) is 1. The van der Waals surface area contributed by atoms with Gasteiger partial charge in [-0.3, -0.25) is 9.69 Å². The third-order valence-electron chi connectivity index (χ3n) is 8.25. The van der Waals surface area contributed by atoms with E-state index in [0.717, 1.165) is 30.7 Å². The first-order valence-electron chi connectivity index (χ1n) is 12.7. The molecule has 2 fully saturated rings. The summed E-state index contributed by atoms with van der Waals surface area (Å²) in [6.45, 7) is 4.92. The van der Waals surface area contributed by atoms with Crippen molar-refractivity contribution in [2.75, 3.05) is 13.1 Å². The number of piperidine rings is 1. The van der Waals surface area contributed by atoms with Crippen LogP contribution in [0.25, 0.3) is 0 Å². The van der Waals surface area contributed by atoms with Gasteiger partial charge in [-0.05, 0) is 79.6 Å². The lowest BCUT2D eigenvalue weighted by atomic mass is 9.74. The summed E-state index contributed by atoms with van der Waals surface area (Å²) in [5.74, 6) is -1.66. The Morgan fingerprint density at radius 3 is 2.43 bits per heavy atom. The van der Waals surface area contributed by atoms with Gasteiger partial charge in [0.2, 0.25) is 5.91 Å². The van der Waals surface area contributed by atoms with Crippen LogP contribution >= 0.6 is 0 Å². The van der Waals surface area contributed by atoms with Crippen LogP contribution in [0.15, 0.2) is 42.5 Å². The minimum Gasteiger partial charge on any atom is -0.391 e. The molecule has 1 saturated carbocycles. The number of aliphatic hydroxyl groups is 1. The highest BCUT2D eigenvalue weighted by Crippen LogP contribution is 2.47. The number of amides is 1. The predicted molar refractivity (Wildman–Crippen MR) is 129 cm³/mol. The van der Waals surface area contributed by atoms with Gasteiger partial charge in [0.1, 0.15) is 11.6 Å². The summed E-state index contributed by atoms with van der Waals surface area (Å²) in [5, 5.41) is 13.6. The smallest absolute Gasteiger partial charge is 0.391 e. The molecule has 0 spiro atoms. The summed E-state index contributed by atoms with van der Waals surface area (Å²) < 4.78 is 66.2. The van der Waals surface area contributed by atoms with Crippen LogP contribution in [0.1, 0.15) is 62.1 Å². The second kappa shape index (κ2) is 10.7. The van der Waals surface area contributed by atoms with Crippen LogP contribution in [0, 0.1) is 23.0 Å². The molecule has 0 bridgehead atoms. The molecule has 1 saturated heterocycles. The van der Waals surface area contributed by atoms with E-state index in [1.165, 1.54) is 12.1 Å². The number of hydrogen-bond acceptors (Lipinski definition) is 3. The summed E-state index contributed by atoms with van der Waals surface area (Å²) in [5.41, 5.74) is -0.829. The molecule has 1 heterocycles. The second-order valence-electron chi connectivity index (χ2n) is 10.7.